The van der Waals surface area contributed by atoms with Crippen molar-refractivity contribution in [2.75, 3.05) is 11.1 Å². The molecule has 7 heteroatoms. The molecule has 96 valence electrons. The number of carbonyl (C=O) groups is 1. The van der Waals surface area contributed by atoms with Crippen molar-refractivity contribution in [3.8, 4) is 5.75 Å². The van der Waals surface area contributed by atoms with Crippen LogP contribution in [0.25, 0.3) is 0 Å². The van der Waals surface area contributed by atoms with Crippen LogP contribution in [0.5, 0.6) is 5.75 Å². The Morgan fingerprint density at radius 2 is 2.33 bits per heavy atom. The molecule has 0 aromatic heterocycles. The number of hydrogen-bond donors (Lipinski definition) is 2. The number of nitrogens with one attached hydrogen (secondary N) is 1. The summed E-state index contributed by atoms with van der Waals surface area (Å²) in [5.41, 5.74) is -0.00107. The highest BCUT2D eigenvalue weighted by Gasteiger charge is 2.24. The van der Waals surface area contributed by atoms with Gasteiger partial charge in [0.25, 0.3) is 5.69 Å². The molecule has 2 rings (SSSR count). The first-order valence-electron chi connectivity index (χ1n) is 5.48. The normalized spacial score (nSPS) is 18.6. The van der Waals surface area contributed by atoms with E-state index in [2.05, 4.69) is 5.32 Å². The van der Waals surface area contributed by atoms with Gasteiger partial charge in [-0.2, -0.15) is 0 Å². The Balaban J connectivity index is 2.09. The molecule has 18 heavy (non-hydrogen) atoms. The van der Waals surface area contributed by atoms with Gasteiger partial charge in [0.1, 0.15) is 5.75 Å². The van der Waals surface area contributed by atoms with E-state index in [-0.39, 0.29) is 28.3 Å². The van der Waals surface area contributed by atoms with Gasteiger partial charge in [0.15, 0.2) is 0 Å². The third kappa shape index (κ3) is 2.73. The number of nitro benzene ring substituents is 1. The van der Waals surface area contributed by atoms with Crippen molar-refractivity contribution in [3.05, 3.63) is 28.3 Å². The molecule has 1 unspecified atom stereocenters. The summed E-state index contributed by atoms with van der Waals surface area (Å²) in [4.78, 5) is 21.7. The van der Waals surface area contributed by atoms with Crippen molar-refractivity contribution in [2.45, 2.75) is 18.1 Å². The highest BCUT2D eigenvalue weighted by Crippen LogP contribution is 2.31. The highest BCUT2D eigenvalue weighted by atomic mass is 32.2. The number of phenolic OH excluding ortho intramolecular Hbond substituents is 1. The summed E-state index contributed by atoms with van der Waals surface area (Å²) in [5, 5.41) is 22.6. The van der Waals surface area contributed by atoms with Crippen LogP contribution < -0.4 is 5.32 Å². The van der Waals surface area contributed by atoms with Crippen LogP contribution in [0.2, 0.25) is 0 Å². The van der Waals surface area contributed by atoms with E-state index in [4.69, 9.17) is 0 Å². The number of hydrogen-bond acceptors (Lipinski definition) is 5. The van der Waals surface area contributed by atoms with Crippen molar-refractivity contribution in [1.82, 2.24) is 0 Å². The predicted octanol–water partition coefficient (Wildman–Crippen LogP) is 2.13. The second-order valence-electron chi connectivity index (χ2n) is 3.95. The molecule has 1 amide bonds. The summed E-state index contributed by atoms with van der Waals surface area (Å²) in [6.07, 6.45) is 1.83. The first-order chi connectivity index (χ1) is 8.58. The van der Waals surface area contributed by atoms with Gasteiger partial charge in [-0.3, -0.25) is 14.9 Å². The summed E-state index contributed by atoms with van der Waals surface area (Å²) >= 11 is 1.58. The van der Waals surface area contributed by atoms with Crippen LogP contribution in [0, 0.1) is 10.1 Å². The molecule has 1 heterocycles. The standard InChI is InChI=1S/C11H12N2O4S/c14-9-6-7(13(16)17)3-4-8(9)12-11(15)10-2-1-5-18-10/h3-4,6,10,14H,1-2,5H2,(H,12,15). The second kappa shape index (κ2) is 5.26. The number of benzene rings is 1. The molecule has 1 aromatic rings. The zero-order chi connectivity index (χ0) is 13.1. The van der Waals surface area contributed by atoms with Gasteiger partial charge in [-0.1, -0.05) is 0 Å². The molecular weight excluding hydrogens is 256 g/mol. The summed E-state index contributed by atoms with van der Waals surface area (Å²) in [6.45, 7) is 0. The first-order valence-corrected chi connectivity index (χ1v) is 6.52. The topological polar surface area (TPSA) is 92.5 Å². The second-order valence-corrected chi connectivity index (χ2v) is 5.26. The Bertz CT molecular complexity index is 486. The lowest BCUT2D eigenvalue weighted by molar-refractivity contribution is -0.384. The van der Waals surface area contributed by atoms with E-state index in [1.54, 1.807) is 11.8 Å². The van der Waals surface area contributed by atoms with Crippen LogP contribution >= 0.6 is 11.8 Å². The van der Waals surface area contributed by atoms with E-state index >= 15 is 0 Å². The van der Waals surface area contributed by atoms with Crippen molar-refractivity contribution in [3.63, 3.8) is 0 Å². The number of phenols is 1. The van der Waals surface area contributed by atoms with Gasteiger partial charge in [0.2, 0.25) is 5.91 Å². The van der Waals surface area contributed by atoms with Crippen molar-refractivity contribution >= 4 is 29.0 Å². The molecule has 2 N–H and O–H groups in total. The van der Waals surface area contributed by atoms with Gasteiger partial charge in [-0.25, -0.2) is 0 Å². The molecule has 1 saturated heterocycles. The van der Waals surface area contributed by atoms with Crippen LogP contribution in [0.1, 0.15) is 12.8 Å². The molecule has 1 aliphatic rings. The molecule has 1 aromatic carbocycles. The minimum atomic E-state index is -0.599. The number of aromatic hydroxyl groups is 1. The molecular formula is C11H12N2O4S. The molecule has 1 fully saturated rings. The smallest absolute Gasteiger partial charge is 0.273 e. The van der Waals surface area contributed by atoms with Gasteiger partial charge >= 0.3 is 0 Å². The number of non-ortho nitro benzene ring substituents is 1. The molecule has 6 nitrogen and oxygen atoms in total. The maximum Gasteiger partial charge on any atom is 0.273 e. The van der Waals surface area contributed by atoms with Gasteiger partial charge in [0, 0.05) is 6.07 Å². The fraction of sp³-hybridized carbons (Fsp3) is 0.364. The molecule has 0 radical (unpaired) electrons. The third-order valence-corrected chi connectivity index (χ3v) is 4.05. The van der Waals surface area contributed by atoms with Gasteiger partial charge in [0.05, 0.1) is 21.9 Å². The monoisotopic (exact) mass is 268 g/mol. The Labute approximate surface area is 108 Å². The number of anilines is 1. The molecule has 0 aliphatic carbocycles. The van der Waals surface area contributed by atoms with Crippen LogP contribution in [0.15, 0.2) is 18.2 Å². The third-order valence-electron chi connectivity index (χ3n) is 2.67. The van der Waals surface area contributed by atoms with E-state index < -0.39 is 4.92 Å². The largest absolute Gasteiger partial charge is 0.506 e. The minimum Gasteiger partial charge on any atom is -0.506 e. The summed E-state index contributed by atoms with van der Waals surface area (Å²) in [7, 11) is 0. The van der Waals surface area contributed by atoms with Gasteiger partial charge in [-0.15, -0.1) is 11.8 Å². The molecule has 0 bridgehead atoms. The first kappa shape index (κ1) is 12.7. The Morgan fingerprint density at radius 1 is 1.56 bits per heavy atom. The number of carbonyl (C=O) groups excluding carboxylic acids is 1. The molecule has 0 spiro atoms. The van der Waals surface area contributed by atoms with E-state index in [9.17, 15) is 20.0 Å². The van der Waals surface area contributed by atoms with Crippen LogP contribution in [0.3, 0.4) is 0 Å². The predicted molar refractivity (Wildman–Crippen MR) is 68.9 cm³/mol. The molecule has 1 aliphatic heterocycles. The molecule has 0 saturated carbocycles. The summed E-state index contributed by atoms with van der Waals surface area (Å²) < 4.78 is 0. The Morgan fingerprint density at radius 3 is 2.89 bits per heavy atom. The summed E-state index contributed by atoms with van der Waals surface area (Å²) in [6, 6.07) is 3.61. The lowest BCUT2D eigenvalue weighted by Gasteiger charge is -2.10. The number of amides is 1. The Hall–Kier alpha value is -1.76. The number of rotatable bonds is 3. The van der Waals surface area contributed by atoms with Gasteiger partial charge < -0.3 is 10.4 Å². The lowest BCUT2D eigenvalue weighted by atomic mass is 10.2. The number of thioether (sulfide) groups is 1. The fourth-order valence-electron chi connectivity index (χ4n) is 1.74. The van der Waals surface area contributed by atoms with E-state index in [0.29, 0.717) is 0 Å². The van der Waals surface area contributed by atoms with Crippen LogP contribution in [-0.2, 0) is 4.79 Å². The van der Waals surface area contributed by atoms with Crippen molar-refractivity contribution < 1.29 is 14.8 Å². The number of nitrogens with zero attached hydrogens (tertiary/aromatic N) is 1. The SMILES string of the molecule is O=C(Nc1ccc([N+](=O)[O-])cc1O)C1CCCS1. The van der Waals surface area contributed by atoms with Gasteiger partial charge in [-0.05, 0) is 24.7 Å². The average molecular weight is 268 g/mol. The zero-order valence-corrected chi connectivity index (χ0v) is 10.3. The lowest BCUT2D eigenvalue weighted by Crippen LogP contribution is -2.22. The Kier molecular flexibility index (Phi) is 3.71. The van der Waals surface area contributed by atoms with Crippen LogP contribution in [-0.4, -0.2) is 26.9 Å². The van der Waals surface area contributed by atoms with E-state index in [1.807, 2.05) is 0 Å². The van der Waals surface area contributed by atoms with Crippen molar-refractivity contribution in [1.29, 1.82) is 0 Å². The quantitative estimate of drug-likeness (QED) is 0.497. The van der Waals surface area contributed by atoms with E-state index in [0.717, 1.165) is 24.7 Å². The minimum absolute atomic E-state index is 0.0976. The van der Waals surface area contributed by atoms with Crippen molar-refractivity contribution in [2.24, 2.45) is 0 Å². The zero-order valence-electron chi connectivity index (χ0n) is 9.46. The average Bonchev–Trinajstić information content (AvgIpc) is 2.85. The van der Waals surface area contributed by atoms with Crippen LogP contribution in [0.4, 0.5) is 11.4 Å². The molecule has 1 atom stereocenters. The van der Waals surface area contributed by atoms with E-state index in [1.165, 1.54) is 12.1 Å². The summed E-state index contributed by atoms with van der Waals surface area (Å²) in [5.74, 6) is 0.506. The maximum atomic E-state index is 11.8. The highest BCUT2D eigenvalue weighted by molar-refractivity contribution is 8.00. The number of nitro groups is 1. The fourth-order valence-corrected chi connectivity index (χ4v) is 2.90. The maximum absolute atomic E-state index is 11.8.